The van der Waals surface area contributed by atoms with E-state index in [4.69, 9.17) is 9.47 Å². The Hall–Kier alpha value is -0.610. The lowest BCUT2D eigenvalue weighted by Crippen LogP contribution is -2.55. The normalized spacial score (nSPS) is 19.5. The van der Waals surface area contributed by atoms with Gasteiger partial charge in [0.25, 0.3) is 0 Å². The van der Waals surface area contributed by atoms with Crippen molar-refractivity contribution in [2.24, 2.45) is 0 Å². The van der Waals surface area contributed by atoms with Crippen molar-refractivity contribution < 1.29 is 14.3 Å². The highest BCUT2D eigenvalue weighted by molar-refractivity contribution is 5.80. The first-order valence-corrected chi connectivity index (χ1v) is 6.66. The average Bonchev–Trinajstić information content (AvgIpc) is 2.24. The summed E-state index contributed by atoms with van der Waals surface area (Å²) in [6.45, 7) is 7.36. The number of carbonyl (C=O) groups is 1. The highest BCUT2D eigenvalue weighted by atomic mass is 16.5. The minimum absolute atomic E-state index is 0.215. The molecule has 4 nitrogen and oxygen atoms in total. The summed E-state index contributed by atoms with van der Waals surface area (Å²) >= 11 is 0. The fourth-order valence-electron chi connectivity index (χ4n) is 1.70. The molecule has 0 aliphatic heterocycles. The van der Waals surface area contributed by atoms with Gasteiger partial charge >= 0.3 is 5.97 Å². The van der Waals surface area contributed by atoms with Crippen LogP contribution in [0.1, 0.15) is 46.5 Å². The van der Waals surface area contributed by atoms with Crippen molar-refractivity contribution in [3.05, 3.63) is 0 Å². The Morgan fingerprint density at radius 2 is 2.12 bits per heavy atom. The van der Waals surface area contributed by atoms with Crippen LogP contribution in [-0.2, 0) is 14.3 Å². The Morgan fingerprint density at radius 3 is 2.59 bits per heavy atom. The molecule has 1 N–H and O–H groups in total. The first-order valence-electron chi connectivity index (χ1n) is 6.66. The molecule has 17 heavy (non-hydrogen) atoms. The van der Waals surface area contributed by atoms with Gasteiger partial charge in [0.05, 0.1) is 19.3 Å². The Labute approximate surface area is 104 Å². The highest BCUT2D eigenvalue weighted by Gasteiger charge is 2.36. The molecule has 1 aliphatic carbocycles. The van der Waals surface area contributed by atoms with Gasteiger partial charge in [0.2, 0.25) is 0 Å². The van der Waals surface area contributed by atoms with E-state index in [1.54, 1.807) is 0 Å². The molecule has 0 aromatic heterocycles. The number of nitrogens with one attached hydrogen (secondary N) is 1. The monoisotopic (exact) mass is 243 g/mol. The number of ether oxygens (including phenoxy) is 2. The fraction of sp³-hybridized carbons (Fsp3) is 0.923. The van der Waals surface area contributed by atoms with Gasteiger partial charge in [-0.2, -0.15) is 0 Å². The van der Waals surface area contributed by atoms with E-state index in [-0.39, 0.29) is 5.97 Å². The molecule has 0 aromatic carbocycles. The molecule has 0 heterocycles. The van der Waals surface area contributed by atoms with E-state index in [1.165, 1.54) is 6.42 Å². The van der Waals surface area contributed by atoms with Crippen LogP contribution in [0.25, 0.3) is 0 Å². The van der Waals surface area contributed by atoms with Crippen LogP contribution in [0.15, 0.2) is 0 Å². The van der Waals surface area contributed by atoms with E-state index in [0.29, 0.717) is 19.3 Å². The first kappa shape index (κ1) is 14.5. The van der Waals surface area contributed by atoms with Crippen LogP contribution in [-0.4, -0.2) is 37.4 Å². The molecule has 0 aromatic rings. The maximum atomic E-state index is 11.9. The van der Waals surface area contributed by atoms with Crippen LogP contribution >= 0.6 is 0 Å². The topological polar surface area (TPSA) is 47.6 Å². The Bertz CT molecular complexity index is 241. The molecule has 1 unspecified atom stereocenters. The minimum atomic E-state index is -0.707. The Kier molecular flexibility index (Phi) is 5.92. The summed E-state index contributed by atoms with van der Waals surface area (Å²) in [6, 6.07) is 0. The molecule has 0 bridgehead atoms. The highest BCUT2D eigenvalue weighted by Crippen LogP contribution is 2.23. The minimum Gasteiger partial charge on any atom is -0.465 e. The summed E-state index contributed by atoms with van der Waals surface area (Å²) in [5.74, 6) is -0.215. The number of carbonyl (C=O) groups excluding carboxylic acids is 1. The lowest BCUT2D eigenvalue weighted by molar-refractivity contribution is -0.155. The second-order valence-corrected chi connectivity index (χ2v) is 4.84. The molecule has 0 amide bonds. The van der Waals surface area contributed by atoms with Crippen LogP contribution in [0.2, 0.25) is 0 Å². The molecule has 4 heteroatoms. The summed E-state index contributed by atoms with van der Waals surface area (Å²) in [6.07, 6.45) is 4.80. The van der Waals surface area contributed by atoms with Gasteiger partial charge in [-0.25, -0.2) is 4.79 Å². The molecule has 1 rings (SSSR count). The number of hydrogen-bond acceptors (Lipinski definition) is 4. The van der Waals surface area contributed by atoms with Crippen molar-refractivity contribution in [3.63, 3.8) is 0 Å². The predicted molar refractivity (Wildman–Crippen MR) is 66.9 cm³/mol. The number of rotatable bonds is 8. The van der Waals surface area contributed by atoms with Gasteiger partial charge in [-0.1, -0.05) is 6.92 Å². The third-order valence-electron chi connectivity index (χ3n) is 3.15. The number of hydrogen-bond donors (Lipinski definition) is 1. The van der Waals surface area contributed by atoms with Crippen LogP contribution in [0.4, 0.5) is 0 Å². The van der Waals surface area contributed by atoms with Gasteiger partial charge < -0.3 is 14.8 Å². The van der Waals surface area contributed by atoms with Crippen molar-refractivity contribution in [2.75, 3.05) is 19.8 Å². The van der Waals surface area contributed by atoms with Crippen molar-refractivity contribution >= 4 is 5.97 Å². The van der Waals surface area contributed by atoms with Crippen LogP contribution in [0.3, 0.4) is 0 Å². The summed E-state index contributed by atoms with van der Waals surface area (Å²) in [5, 5.41) is 3.23. The van der Waals surface area contributed by atoms with Gasteiger partial charge in [-0.05, 0) is 46.1 Å². The van der Waals surface area contributed by atoms with E-state index < -0.39 is 5.54 Å². The maximum Gasteiger partial charge on any atom is 0.328 e. The van der Waals surface area contributed by atoms with Gasteiger partial charge in [-0.15, -0.1) is 0 Å². The van der Waals surface area contributed by atoms with E-state index in [1.807, 2.05) is 13.8 Å². The van der Waals surface area contributed by atoms with Crippen LogP contribution in [0, 0.1) is 0 Å². The molecule has 0 radical (unpaired) electrons. The second kappa shape index (κ2) is 6.97. The van der Waals surface area contributed by atoms with E-state index in [2.05, 4.69) is 12.2 Å². The zero-order valence-electron chi connectivity index (χ0n) is 11.3. The van der Waals surface area contributed by atoms with Crippen LogP contribution in [0.5, 0.6) is 0 Å². The Balaban J connectivity index is 2.46. The van der Waals surface area contributed by atoms with E-state index >= 15 is 0 Å². The molecule has 1 aliphatic rings. The van der Waals surface area contributed by atoms with Gasteiger partial charge in [0.1, 0.15) is 5.54 Å². The van der Waals surface area contributed by atoms with E-state index in [0.717, 1.165) is 25.8 Å². The quantitative estimate of drug-likeness (QED) is 0.661. The van der Waals surface area contributed by atoms with Crippen molar-refractivity contribution in [1.29, 1.82) is 0 Å². The Morgan fingerprint density at radius 1 is 1.41 bits per heavy atom. The number of esters is 1. The van der Waals surface area contributed by atoms with Gasteiger partial charge in [0.15, 0.2) is 0 Å². The van der Waals surface area contributed by atoms with Crippen LogP contribution < -0.4 is 5.32 Å². The lowest BCUT2D eigenvalue weighted by Gasteiger charge is -2.33. The van der Waals surface area contributed by atoms with Crippen molar-refractivity contribution in [1.82, 2.24) is 5.32 Å². The summed E-state index contributed by atoms with van der Waals surface area (Å²) in [5.41, 5.74) is -0.707. The van der Waals surface area contributed by atoms with Crippen molar-refractivity contribution in [2.45, 2.75) is 58.1 Å². The summed E-state index contributed by atoms with van der Waals surface area (Å²) in [7, 11) is 0. The molecule has 1 fully saturated rings. The third-order valence-corrected chi connectivity index (χ3v) is 3.15. The van der Waals surface area contributed by atoms with Gasteiger partial charge in [-0.3, -0.25) is 0 Å². The van der Waals surface area contributed by atoms with E-state index in [9.17, 15) is 4.79 Å². The molecule has 0 saturated heterocycles. The zero-order chi connectivity index (χ0) is 12.7. The molecule has 0 spiro atoms. The largest absolute Gasteiger partial charge is 0.465 e. The standard InChI is InChI=1S/C13H25NO3/c1-4-9-14-13(3,12(15)16-5-2)10-17-11-7-6-8-11/h11,14H,4-10H2,1-3H3. The second-order valence-electron chi connectivity index (χ2n) is 4.84. The van der Waals surface area contributed by atoms with Crippen molar-refractivity contribution in [3.8, 4) is 0 Å². The molecular formula is C13H25NO3. The fourth-order valence-corrected chi connectivity index (χ4v) is 1.70. The third kappa shape index (κ3) is 4.28. The molecular weight excluding hydrogens is 218 g/mol. The molecule has 1 saturated carbocycles. The summed E-state index contributed by atoms with van der Waals surface area (Å²) < 4.78 is 10.9. The molecule has 1 atom stereocenters. The lowest BCUT2D eigenvalue weighted by atomic mass is 9.95. The average molecular weight is 243 g/mol. The smallest absolute Gasteiger partial charge is 0.328 e. The maximum absolute atomic E-state index is 11.9. The van der Waals surface area contributed by atoms with Gasteiger partial charge in [0, 0.05) is 0 Å². The predicted octanol–water partition coefficient (Wildman–Crippen LogP) is 1.88. The zero-order valence-corrected chi connectivity index (χ0v) is 11.3. The summed E-state index contributed by atoms with van der Waals surface area (Å²) in [4.78, 5) is 11.9. The molecule has 100 valence electrons. The SMILES string of the molecule is CCCNC(C)(COC1CCC1)C(=O)OCC. The first-order chi connectivity index (χ1) is 8.12.